The number of aromatic nitrogens is 2. The molecule has 1 heterocycles. The van der Waals surface area contributed by atoms with Crippen LogP contribution in [0.2, 0.25) is 0 Å². The van der Waals surface area contributed by atoms with Crippen LogP contribution in [0, 0.1) is 13.8 Å². The molecular formula is C18H22N4O5. The number of aryl methyl sites for hydroxylation is 2. The van der Waals surface area contributed by atoms with E-state index in [1.165, 1.54) is 0 Å². The standard InChI is InChI=1S/C18H22N4O5/c1-11-18(12(2)22(3)21-11)27-10-16(24)20-14-6-4-13(5-7-14)8-15(23)19-9-17(25)26/h4-7H,8-10H2,1-3H3,(H,19,23)(H,20,24)(H,25,26). The van der Waals surface area contributed by atoms with Crippen molar-refractivity contribution in [3.63, 3.8) is 0 Å². The monoisotopic (exact) mass is 374 g/mol. The minimum atomic E-state index is -1.10. The molecule has 0 aliphatic carbocycles. The number of carboxylic acids is 1. The maximum atomic E-state index is 12.0. The Morgan fingerprint density at radius 2 is 1.81 bits per heavy atom. The first-order chi connectivity index (χ1) is 12.8. The number of ether oxygens (including phenoxy) is 1. The number of nitrogens with one attached hydrogen (secondary N) is 2. The predicted octanol–water partition coefficient (Wildman–Crippen LogP) is 0.798. The SMILES string of the molecule is Cc1nn(C)c(C)c1OCC(=O)Nc1ccc(CC(=O)NCC(=O)O)cc1. The summed E-state index contributed by atoms with van der Waals surface area (Å²) in [5.41, 5.74) is 2.82. The summed E-state index contributed by atoms with van der Waals surface area (Å²) in [6.07, 6.45) is 0.0597. The number of benzene rings is 1. The predicted molar refractivity (Wildman–Crippen MR) is 97.6 cm³/mol. The van der Waals surface area contributed by atoms with Crippen molar-refractivity contribution < 1.29 is 24.2 Å². The number of nitrogens with zero attached hydrogens (tertiary/aromatic N) is 2. The zero-order valence-corrected chi connectivity index (χ0v) is 15.4. The molecule has 2 rings (SSSR count). The van der Waals surface area contributed by atoms with Crippen LogP contribution in [-0.2, 0) is 27.9 Å². The van der Waals surface area contributed by atoms with Crippen LogP contribution in [0.4, 0.5) is 5.69 Å². The third-order valence-corrected chi connectivity index (χ3v) is 3.83. The second-order valence-corrected chi connectivity index (χ2v) is 6.00. The van der Waals surface area contributed by atoms with Crippen molar-refractivity contribution in [3.05, 3.63) is 41.2 Å². The Morgan fingerprint density at radius 1 is 1.15 bits per heavy atom. The van der Waals surface area contributed by atoms with Crippen LogP contribution in [0.3, 0.4) is 0 Å². The van der Waals surface area contributed by atoms with Gasteiger partial charge in [0.25, 0.3) is 5.91 Å². The molecule has 0 spiro atoms. The normalized spacial score (nSPS) is 10.3. The van der Waals surface area contributed by atoms with E-state index in [0.717, 1.165) is 5.69 Å². The van der Waals surface area contributed by atoms with Crippen molar-refractivity contribution in [1.82, 2.24) is 15.1 Å². The highest BCUT2D eigenvalue weighted by atomic mass is 16.5. The first-order valence-electron chi connectivity index (χ1n) is 8.26. The molecule has 27 heavy (non-hydrogen) atoms. The number of amides is 2. The molecule has 1 aromatic heterocycles. The number of hydrogen-bond donors (Lipinski definition) is 3. The van der Waals surface area contributed by atoms with E-state index in [1.807, 2.05) is 13.8 Å². The van der Waals surface area contributed by atoms with Crippen molar-refractivity contribution in [3.8, 4) is 5.75 Å². The fourth-order valence-corrected chi connectivity index (χ4v) is 2.43. The lowest BCUT2D eigenvalue weighted by Gasteiger charge is -2.09. The van der Waals surface area contributed by atoms with E-state index in [-0.39, 0.29) is 24.8 Å². The van der Waals surface area contributed by atoms with Gasteiger partial charge >= 0.3 is 5.97 Å². The van der Waals surface area contributed by atoms with Crippen LogP contribution in [0.1, 0.15) is 17.0 Å². The highest BCUT2D eigenvalue weighted by Gasteiger charge is 2.13. The molecule has 0 saturated heterocycles. The molecule has 144 valence electrons. The second-order valence-electron chi connectivity index (χ2n) is 6.00. The van der Waals surface area contributed by atoms with E-state index in [1.54, 1.807) is 36.0 Å². The lowest BCUT2D eigenvalue weighted by atomic mass is 10.1. The Labute approximate surface area is 156 Å². The number of rotatable bonds is 8. The molecule has 2 aromatic rings. The number of aliphatic carboxylic acids is 1. The summed E-state index contributed by atoms with van der Waals surface area (Å²) >= 11 is 0. The van der Waals surface area contributed by atoms with E-state index < -0.39 is 12.5 Å². The lowest BCUT2D eigenvalue weighted by molar-refractivity contribution is -0.137. The molecule has 0 aliphatic rings. The average molecular weight is 374 g/mol. The molecule has 0 unspecified atom stereocenters. The lowest BCUT2D eigenvalue weighted by Crippen LogP contribution is -2.30. The third kappa shape index (κ3) is 5.84. The fraction of sp³-hybridized carbons (Fsp3) is 0.333. The first-order valence-corrected chi connectivity index (χ1v) is 8.26. The van der Waals surface area contributed by atoms with Gasteiger partial charge in [-0.05, 0) is 31.5 Å². The maximum absolute atomic E-state index is 12.0. The third-order valence-electron chi connectivity index (χ3n) is 3.83. The second kappa shape index (κ2) is 8.84. The molecule has 9 heteroatoms. The van der Waals surface area contributed by atoms with Crippen molar-refractivity contribution in [2.24, 2.45) is 7.05 Å². The summed E-state index contributed by atoms with van der Waals surface area (Å²) in [6.45, 7) is 3.11. The molecule has 0 atom stereocenters. The zero-order chi connectivity index (χ0) is 20.0. The van der Waals surface area contributed by atoms with Gasteiger partial charge in [-0.3, -0.25) is 19.1 Å². The van der Waals surface area contributed by atoms with E-state index in [9.17, 15) is 14.4 Å². The van der Waals surface area contributed by atoms with Crippen LogP contribution >= 0.6 is 0 Å². The van der Waals surface area contributed by atoms with E-state index in [4.69, 9.17) is 9.84 Å². The summed E-state index contributed by atoms with van der Waals surface area (Å²) < 4.78 is 7.24. The Kier molecular flexibility index (Phi) is 6.53. The molecule has 3 N–H and O–H groups in total. The van der Waals surface area contributed by atoms with E-state index in [2.05, 4.69) is 15.7 Å². The number of anilines is 1. The molecule has 0 aliphatic heterocycles. The summed E-state index contributed by atoms with van der Waals surface area (Å²) in [6, 6.07) is 6.70. The molecule has 0 saturated carbocycles. The molecule has 0 radical (unpaired) electrons. The summed E-state index contributed by atoms with van der Waals surface area (Å²) in [5, 5.41) is 17.7. The first kappa shape index (κ1) is 20.0. The molecule has 0 fully saturated rings. The van der Waals surface area contributed by atoms with Crippen molar-refractivity contribution in [2.45, 2.75) is 20.3 Å². The summed E-state index contributed by atoms with van der Waals surface area (Å²) in [5.74, 6) is -1.20. The average Bonchev–Trinajstić information content (AvgIpc) is 2.85. The van der Waals surface area contributed by atoms with E-state index >= 15 is 0 Å². The molecule has 2 amide bonds. The number of hydrogen-bond acceptors (Lipinski definition) is 5. The molecule has 9 nitrogen and oxygen atoms in total. The smallest absolute Gasteiger partial charge is 0.322 e. The Morgan fingerprint density at radius 3 is 2.37 bits per heavy atom. The van der Waals surface area contributed by atoms with Gasteiger partial charge in [-0.25, -0.2) is 0 Å². The van der Waals surface area contributed by atoms with Gasteiger partial charge in [-0.1, -0.05) is 12.1 Å². The highest BCUT2D eigenvalue weighted by molar-refractivity contribution is 5.92. The van der Waals surface area contributed by atoms with Gasteiger partial charge < -0.3 is 20.5 Å². The van der Waals surface area contributed by atoms with Gasteiger partial charge in [0.05, 0.1) is 12.1 Å². The number of carbonyl (C=O) groups excluding carboxylic acids is 2. The van der Waals surface area contributed by atoms with Crippen LogP contribution in [0.5, 0.6) is 5.75 Å². The zero-order valence-electron chi connectivity index (χ0n) is 15.4. The minimum absolute atomic E-state index is 0.0597. The van der Waals surface area contributed by atoms with Gasteiger partial charge in [0, 0.05) is 12.7 Å². The molecule has 0 bridgehead atoms. The van der Waals surface area contributed by atoms with Gasteiger partial charge in [-0.2, -0.15) is 5.10 Å². The van der Waals surface area contributed by atoms with Crippen molar-refractivity contribution in [2.75, 3.05) is 18.5 Å². The minimum Gasteiger partial charge on any atom is -0.480 e. The fourth-order valence-electron chi connectivity index (χ4n) is 2.43. The van der Waals surface area contributed by atoms with Crippen molar-refractivity contribution >= 4 is 23.5 Å². The largest absolute Gasteiger partial charge is 0.480 e. The number of carbonyl (C=O) groups is 3. The summed E-state index contributed by atoms with van der Waals surface area (Å²) in [4.78, 5) is 34.0. The van der Waals surface area contributed by atoms with Crippen LogP contribution in [0.15, 0.2) is 24.3 Å². The highest BCUT2D eigenvalue weighted by Crippen LogP contribution is 2.21. The van der Waals surface area contributed by atoms with Gasteiger partial charge in [0.15, 0.2) is 12.4 Å². The Bertz CT molecular complexity index is 842. The van der Waals surface area contributed by atoms with Gasteiger partial charge in [0.1, 0.15) is 12.2 Å². The topological polar surface area (TPSA) is 123 Å². The van der Waals surface area contributed by atoms with Gasteiger partial charge in [-0.15, -0.1) is 0 Å². The number of carboxylic acid groups (broad SMARTS) is 1. The van der Waals surface area contributed by atoms with Crippen LogP contribution in [-0.4, -0.2) is 45.8 Å². The summed E-state index contributed by atoms with van der Waals surface area (Å²) in [7, 11) is 1.80. The van der Waals surface area contributed by atoms with Crippen LogP contribution in [0.25, 0.3) is 0 Å². The quantitative estimate of drug-likeness (QED) is 0.628. The molecule has 1 aromatic carbocycles. The van der Waals surface area contributed by atoms with Crippen LogP contribution < -0.4 is 15.4 Å². The molecular weight excluding hydrogens is 352 g/mol. The Hall–Kier alpha value is -3.36. The van der Waals surface area contributed by atoms with E-state index in [0.29, 0.717) is 22.7 Å². The Balaban J connectivity index is 1.84. The van der Waals surface area contributed by atoms with Gasteiger partial charge in [0.2, 0.25) is 5.91 Å². The maximum Gasteiger partial charge on any atom is 0.322 e. The van der Waals surface area contributed by atoms with Crippen molar-refractivity contribution in [1.29, 1.82) is 0 Å².